The average molecular weight is 506 g/mol. The molecule has 1 amide bonds. The highest BCUT2D eigenvalue weighted by Crippen LogP contribution is 2.15. The van der Waals surface area contributed by atoms with Crippen molar-refractivity contribution in [3.63, 3.8) is 0 Å². The smallest absolute Gasteiger partial charge is 0.222 e. The van der Waals surface area contributed by atoms with Gasteiger partial charge in [0.1, 0.15) is 0 Å². The Kier molecular flexibility index (Phi) is 8.95. The number of rotatable bonds is 6. The summed E-state index contributed by atoms with van der Waals surface area (Å²) in [5.74, 6) is 1.13. The first-order chi connectivity index (χ1) is 13.5. The number of aryl methyl sites for hydroxylation is 1. The van der Waals surface area contributed by atoms with E-state index in [-0.39, 0.29) is 29.9 Å². The summed E-state index contributed by atoms with van der Waals surface area (Å²) in [4.78, 5) is 20.3. The topological polar surface area (TPSA) is 47.9 Å². The molecule has 29 heavy (non-hydrogen) atoms. The molecule has 5 nitrogen and oxygen atoms in total. The number of carbonyl (C=O) groups is 1. The van der Waals surface area contributed by atoms with Crippen molar-refractivity contribution in [2.75, 3.05) is 20.6 Å². The Hall–Kier alpha value is -2.09. The van der Waals surface area contributed by atoms with Crippen LogP contribution in [0.4, 0.5) is 0 Å². The van der Waals surface area contributed by atoms with Gasteiger partial charge in [0.25, 0.3) is 0 Å². The highest BCUT2D eigenvalue weighted by atomic mass is 127. The van der Waals surface area contributed by atoms with Crippen LogP contribution in [0.1, 0.15) is 35.1 Å². The van der Waals surface area contributed by atoms with E-state index in [0.29, 0.717) is 19.5 Å². The van der Waals surface area contributed by atoms with Gasteiger partial charge in [-0.3, -0.25) is 9.79 Å². The van der Waals surface area contributed by atoms with Crippen molar-refractivity contribution in [3.8, 4) is 0 Å². The van der Waals surface area contributed by atoms with Crippen LogP contribution in [-0.4, -0.2) is 42.3 Å². The van der Waals surface area contributed by atoms with Crippen LogP contribution in [0.25, 0.3) is 0 Å². The first-order valence-electron chi connectivity index (χ1n) is 9.88. The Morgan fingerprint density at radius 1 is 1.14 bits per heavy atom. The van der Waals surface area contributed by atoms with E-state index in [1.165, 1.54) is 22.3 Å². The molecule has 0 saturated carbocycles. The van der Waals surface area contributed by atoms with Gasteiger partial charge in [0.15, 0.2) is 5.96 Å². The lowest BCUT2D eigenvalue weighted by Gasteiger charge is -2.22. The minimum atomic E-state index is 0. The molecule has 1 aliphatic rings. The van der Waals surface area contributed by atoms with E-state index >= 15 is 0 Å². The lowest BCUT2D eigenvalue weighted by atomic mass is 10.1. The van der Waals surface area contributed by atoms with Gasteiger partial charge in [-0.2, -0.15) is 0 Å². The zero-order valence-electron chi connectivity index (χ0n) is 17.5. The number of benzene rings is 2. The molecule has 0 unspecified atom stereocenters. The summed E-state index contributed by atoms with van der Waals surface area (Å²) in [6.45, 7) is 5.18. The maximum Gasteiger partial charge on any atom is 0.222 e. The summed E-state index contributed by atoms with van der Waals surface area (Å²) >= 11 is 0. The number of carbonyl (C=O) groups excluding carboxylic acids is 1. The van der Waals surface area contributed by atoms with E-state index in [1.54, 1.807) is 0 Å². The highest BCUT2D eigenvalue weighted by Gasteiger charge is 2.19. The fraction of sp³-hybridized carbons (Fsp3) is 0.391. The van der Waals surface area contributed by atoms with Gasteiger partial charge in [-0.05, 0) is 30.0 Å². The van der Waals surface area contributed by atoms with Gasteiger partial charge in [0, 0.05) is 46.7 Å². The first kappa shape index (κ1) is 23.2. The van der Waals surface area contributed by atoms with Gasteiger partial charge in [-0.1, -0.05) is 54.1 Å². The van der Waals surface area contributed by atoms with Crippen LogP contribution in [0.3, 0.4) is 0 Å². The molecule has 1 saturated heterocycles. The number of nitrogens with zero attached hydrogens (tertiary/aromatic N) is 3. The summed E-state index contributed by atoms with van der Waals surface area (Å²) in [7, 11) is 3.86. The standard InChI is InChI=1S/C23H30N4O.HI/c1-18-9-11-19(12-10-18)16-26(3)23(24-2)25-15-20-6-4-7-21(14-20)17-27-13-5-8-22(27)28;/h4,6-7,9-12,14H,5,8,13,15-17H2,1-3H3,(H,24,25);1H. The summed E-state index contributed by atoms with van der Waals surface area (Å²) in [5.41, 5.74) is 4.89. The molecule has 0 aliphatic carbocycles. The van der Waals surface area contributed by atoms with E-state index in [4.69, 9.17) is 0 Å². The molecule has 2 aromatic rings. The van der Waals surface area contributed by atoms with Crippen LogP contribution in [0.15, 0.2) is 53.5 Å². The van der Waals surface area contributed by atoms with Gasteiger partial charge in [0.2, 0.25) is 5.91 Å². The number of nitrogens with one attached hydrogen (secondary N) is 1. The third kappa shape index (κ3) is 6.73. The number of likely N-dealkylation sites (tertiary alicyclic amines) is 1. The van der Waals surface area contributed by atoms with Crippen molar-refractivity contribution in [2.45, 2.75) is 39.4 Å². The van der Waals surface area contributed by atoms with E-state index in [2.05, 4.69) is 70.7 Å². The first-order valence-corrected chi connectivity index (χ1v) is 9.88. The molecule has 1 fully saturated rings. The molecular weight excluding hydrogens is 475 g/mol. The van der Waals surface area contributed by atoms with E-state index in [1.807, 2.05) is 19.0 Å². The quantitative estimate of drug-likeness (QED) is 0.367. The average Bonchev–Trinajstić information content (AvgIpc) is 3.09. The van der Waals surface area contributed by atoms with Crippen LogP contribution in [0.5, 0.6) is 0 Å². The lowest BCUT2D eigenvalue weighted by molar-refractivity contribution is -0.128. The maximum atomic E-state index is 11.9. The summed E-state index contributed by atoms with van der Waals surface area (Å²) in [6.07, 6.45) is 1.66. The number of guanidine groups is 1. The zero-order valence-corrected chi connectivity index (χ0v) is 19.8. The number of halogens is 1. The molecule has 0 atom stereocenters. The molecule has 3 rings (SSSR count). The highest BCUT2D eigenvalue weighted by molar-refractivity contribution is 14.0. The SMILES string of the molecule is CN=C(NCc1cccc(CN2CCCC2=O)c1)N(C)Cc1ccc(C)cc1.I. The molecule has 0 aromatic heterocycles. The molecule has 1 N–H and O–H groups in total. The summed E-state index contributed by atoms with van der Waals surface area (Å²) in [6, 6.07) is 17.0. The second-order valence-electron chi connectivity index (χ2n) is 7.48. The molecule has 2 aromatic carbocycles. The van der Waals surface area contributed by atoms with Crippen molar-refractivity contribution in [2.24, 2.45) is 4.99 Å². The van der Waals surface area contributed by atoms with Crippen molar-refractivity contribution >= 4 is 35.8 Å². The summed E-state index contributed by atoms with van der Waals surface area (Å²) < 4.78 is 0. The van der Waals surface area contributed by atoms with E-state index < -0.39 is 0 Å². The Morgan fingerprint density at radius 2 is 1.86 bits per heavy atom. The van der Waals surface area contributed by atoms with Crippen LogP contribution in [0.2, 0.25) is 0 Å². The number of hydrogen-bond acceptors (Lipinski definition) is 2. The molecule has 0 spiro atoms. The summed E-state index contributed by atoms with van der Waals surface area (Å²) in [5, 5.41) is 3.44. The van der Waals surface area contributed by atoms with Crippen molar-refractivity contribution < 1.29 is 4.79 Å². The van der Waals surface area contributed by atoms with Crippen molar-refractivity contribution in [1.29, 1.82) is 0 Å². The fourth-order valence-electron chi connectivity index (χ4n) is 3.54. The molecule has 156 valence electrons. The number of aliphatic imine (C=N–C) groups is 1. The van der Waals surface area contributed by atoms with E-state index in [0.717, 1.165) is 25.5 Å². The minimum absolute atomic E-state index is 0. The van der Waals surface area contributed by atoms with Gasteiger partial charge >= 0.3 is 0 Å². The number of hydrogen-bond donors (Lipinski definition) is 1. The minimum Gasteiger partial charge on any atom is -0.352 e. The third-order valence-corrected chi connectivity index (χ3v) is 5.10. The monoisotopic (exact) mass is 506 g/mol. The van der Waals surface area contributed by atoms with Crippen LogP contribution >= 0.6 is 24.0 Å². The molecule has 0 radical (unpaired) electrons. The van der Waals surface area contributed by atoms with Crippen LogP contribution < -0.4 is 5.32 Å². The van der Waals surface area contributed by atoms with Crippen molar-refractivity contribution in [1.82, 2.24) is 15.1 Å². The maximum absolute atomic E-state index is 11.9. The van der Waals surface area contributed by atoms with Gasteiger partial charge in [0.05, 0.1) is 0 Å². The zero-order chi connectivity index (χ0) is 19.9. The fourth-order valence-corrected chi connectivity index (χ4v) is 3.54. The third-order valence-electron chi connectivity index (χ3n) is 5.10. The molecule has 1 heterocycles. The predicted molar refractivity (Wildman–Crippen MR) is 129 cm³/mol. The normalized spacial score (nSPS) is 14.0. The Balaban J connectivity index is 0.00000300. The number of amides is 1. The van der Waals surface area contributed by atoms with Gasteiger partial charge in [-0.15, -0.1) is 24.0 Å². The van der Waals surface area contributed by atoms with Crippen LogP contribution in [0, 0.1) is 6.92 Å². The van der Waals surface area contributed by atoms with E-state index in [9.17, 15) is 4.79 Å². The lowest BCUT2D eigenvalue weighted by Crippen LogP contribution is -2.38. The molecule has 0 bridgehead atoms. The second-order valence-corrected chi connectivity index (χ2v) is 7.48. The Bertz CT molecular complexity index is 835. The van der Waals surface area contributed by atoms with Gasteiger partial charge < -0.3 is 15.1 Å². The van der Waals surface area contributed by atoms with Crippen LogP contribution in [-0.2, 0) is 24.4 Å². The molecule has 6 heteroatoms. The Labute approximate surface area is 191 Å². The molecular formula is C23H31IN4O. The van der Waals surface area contributed by atoms with Crippen molar-refractivity contribution in [3.05, 3.63) is 70.8 Å². The predicted octanol–water partition coefficient (Wildman–Crippen LogP) is 3.94. The largest absolute Gasteiger partial charge is 0.352 e. The second kappa shape index (κ2) is 11.2. The molecule has 1 aliphatic heterocycles. The Morgan fingerprint density at radius 3 is 2.52 bits per heavy atom. The van der Waals surface area contributed by atoms with Gasteiger partial charge in [-0.25, -0.2) is 0 Å².